The number of carbonyl (C=O) groups excluding carboxylic acids is 1. The fraction of sp³-hybridized carbons (Fsp3) is 0.148. The van der Waals surface area contributed by atoms with Crippen molar-refractivity contribution in [1.82, 2.24) is 4.57 Å². The summed E-state index contributed by atoms with van der Waals surface area (Å²) in [5.41, 5.74) is 2.19. The second kappa shape index (κ2) is 9.23. The van der Waals surface area contributed by atoms with Crippen LogP contribution in [-0.2, 0) is 4.79 Å². The molecule has 0 saturated carbocycles. The van der Waals surface area contributed by atoms with Crippen molar-refractivity contribution in [3.63, 3.8) is 0 Å². The summed E-state index contributed by atoms with van der Waals surface area (Å²) in [6.07, 6.45) is 1.82. The maximum absolute atomic E-state index is 13.6. The minimum atomic E-state index is -0.735. The topological polar surface area (TPSA) is 85.8 Å². The molecule has 2 aromatic heterocycles. The van der Waals surface area contributed by atoms with Gasteiger partial charge in [0.15, 0.2) is 4.80 Å². The summed E-state index contributed by atoms with van der Waals surface area (Å²) in [6.45, 7) is 3.61. The zero-order chi connectivity index (χ0) is 24.5. The molecule has 7 nitrogen and oxygen atoms in total. The quantitative estimate of drug-likeness (QED) is 0.466. The van der Waals surface area contributed by atoms with Crippen LogP contribution in [0.3, 0.4) is 0 Å². The molecule has 1 aliphatic heterocycles. The highest BCUT2D eigenvalue weighted by Crippen LogP contribution is 2.31. The third-order valence-corrected chi connectivity index (χ3v) is 6.73. The van der Waals surface area contributed by atoms with E-state index in [0.29, 0.717) is 37.8 Å². The standard InChI is InChI=1S/C27H23N3O4S/c1-16-9-14-21(34-16)24-23(25(31)29-19-7-5-4-6-8-19)17(2)28-27-30(24)26(32)22(35-27)15-18-10-12-20(33-3)13-11-18/h4-15,24H,1-3H3,(H,29,31)/t24-/m1/s1. The van der Waals surface area contributed by atoms with Gasteiger partial charge < -0.3 is 14.5 Å². The maximum Gasteiger partial charge on any atom is 0.271 e. The molecule has 35 heavy (non-hydrogen) atoms. The van der Waals surface area contributed by atoms with Gasteiger partial charge in [0.25, 0.3) is 11.5 Å². The summed E-state index contributed by atoms with van der Waals surface area (Å²) >= 11 is 1.28. The number of thiazole rings is 1. The van der Waals surface area contributed by atoms with Gasteiger partial charge >= 0.3 is 0 Å². The molecular weight excluding hydrogens is 462 g/mol. The van der Waals surface area contributed by atoms with Gasteiger partial charge in [0.2, 0.25) is 0 Å². The zero-order valence-corrected chi connectivity index (χ0v) is 20.3. The number of carbonyl (C=O) groups is 1. The number of anilines is 1. The van der Waals surface area contributed by atoms with Crippen LogP contribution >= 0.6 is 11.3 Å². The van der Waals surface area contributed by atoms with Gasteiger partial charge in [-0.05, 0) is 61.9 Å². The first kappa shape index (κ1) is 22.6. The highest BCUT2D eigenvalue weighted by molar-refractivity contribution is 7.07. The summed E-state index contributed by atoms with van der Waals surface area (Å²) in [5, 5.41) is 2.93. The summed E-state index contributed by atoms with van der Waals surface area (Å²) in [4.78, 5) is 32.2. The van der Waals surface area contributed by atoms with Gasteiger partial charge in [-0.25, -0.2) is 4.99 Å². The lowest BCUT2D eigenvalue weighted by molar-refractivity contribution is -0.113. The van der Waals surface area contributed by atoms with Crippen LogP contribution in [0, 0.1) is 6.92 Å². The number of aryl methyl sites for hydroxylation is 1. The first-order valence-electron chi connectivity index (χ1n) is 11.0. The molecule has 0 bridgehead atoms. The Morgan fingerprint density at radius 2 is 1.83 bits per heavy atom. The molecule has 0 spiro atoms. The second-order valence-electron chi connectivity index (χ2n) is 8.12. The van der Waals surface area contributed by atoms with Crippen molar-refractivity contribution in [3.8, 4) is 5.75 Å². The van der Waals surface area contributed by atoms with Crippen molar-refractivity contribution in [2.24, 2.45) is 4.99 Å². The number of amides is 1. The normalized spacial score (nSPS) is 15.5. The van der Waals surface area contributed by atoms with E-state index in [9.17, 15) is 9.59 Å². The molecule has 0 unspecified atom stereocenters. The highest BCUT2D eigenvalue weighted by atomic mass is 32.1. The predicted molar refractivity (Wildman–Crippen MR) is 135 cm³/mol. The molecule has 5 rings (SSSR count). The molecule has 0 radical (unpaired) electrons. The third kappa shape index (κ3) is 4.36. The summed E-state index contributed by atoms with van der Waals surface area (Å²) in [7, 11) is 1.61. The van der Waals surface area contributed by atoms with Gasteiger partial charge in [-0.2, -0.15) is 0 Å². The molecule has 0 aliphatic carbocycles. The molecule has 2 aromatic carbocycles. The molecule has 176 valence electrons. The van der Waals surface area contributed by atoms with Crippen LogP contribution in [0.15, 0.2) is 92.2 Å². The van der Waals surface area contributed by atoms with Gasteiger partial charge in [-0.15, -0.1) is 0 Å². The Kier molecular flexibility index (Phi) is 5.96. The molecule has 8 heteroatoms. The Hall–Kier alpha value is -4.17. The number of hydrogen-bond acceptors (Lipinski definition) is 6. The minimum Gasteiger partial charge on any atom is -0.497 e. The van der Waals surface area contributed by atoms with Crippen LogP contribution in [0.5, 0.6) is 5.75 Å². The van der Waals surface area contributed by atoms with Crippen molar-refractivity contribution in [1.29, 1.82) is 0 Å². The maximum atomic E-state index is 13.6. The van der Waals surface area contributed by atoms with Crippen LogP contribution in [0.1, 0.15) is 30.0 Å². The summed E-state index contributed by atoms with van der Waals surface area (Å²) < 4.78 is 13.2. The van der Waals surface area contributed by atoms with Crippen LogP contribution in [0.4, 0.5) is 5.69 Å². The van der Waals surface area contributed by atoms with E-state index in [0.717, 1.165) is 11.3 Å². The number of benzene rings is 2. The van der Waals surface area contributed by atoms with E-state index in [4.69, 9.17) is 9.15 Å². The monoisotopic (exact) mass is 485 g/mol. The first-order valence-corrected chi connectivity index (χ1v) is 11.9. The van der Waals surface area contributed by atoms with Gasteiger partial charge in [-0.1, -0.05) is 41.7 Å². The number of hydrogen-bond donors (Lipinski definition) is 1. The van der Waals surface area contributed by atoms with Crippen LogP contribution in [0.2, 0.25) is 0 Å². The number of nitrogens with zero attached hydrogens (tertiary/aromatic N) is 2. The third-order valence-electron chi connectivity index (χ3n) is 5.74. The van der Waals surface area contributed by atoms with E-state index >= 15 is 0 Å². The lowest BCUT2D eigenvalue weighted by Crippen LogP contribution is -2.40. The van der Waals surface area contributed by atoms with Gasteiger partial charge in [0.05, 0.1) is 22.9 Å². The highest BCUT2D eigenvalue weighted by Gasteiger charge is 2.34. The van der Waals surface area contributed by atoms with Gasteiger partial charge in [0, 0.05) is 5.69 Å². The number of methoxy groups -OCH3 is 1. The molecule has 0 fully saturated rings. The number of fused-ring (bicyclic) bond motifs is 1. The number of nitrogens with one attached hydrogen (secondary N) is 1. The molecule has 1 N–H and O–H groups in total. The van der Waals surface area contributed by atoms with E-state index in [1.54, 1.807) is 24.7 Å². The fourth-order valence-electron chi connectivity index (χ4n) is 4.05. The first-order chi connectivity index (χ1) is 16.9. The Morgan fingerprint density at radius 3 is 2.49 bits per heavy atom. The number of ether oxygens (including phenoxy) is 1. The largest absolute Gasteiger partial charge is 0.497 e. The lowest BCUT2D eigenvalue weighted by Gasteiger charge is -2.23. The number of allylic oxidation sites excluding steroid dienone is 1. The van der Waals surface area contributed by atoms with E-state index < -0.39 is 6.04 Å². The van der Waals surface area contributed by atoms with E-state index in [2.05, 4.69) is 10.3 Å². The van der Waals surface area contributed by atoms with Crippen molar-refractivity contribution >= 4 is 29.0 Å². The van der Waals surface area contributed by atoms with Gasteiger partial charge in [0.1, 0.15) is 23.3 Å². The van der Waals surface area contributed by atoms with Crippen molar-refractivity contribution in [3.05, 3.63) is 115 Å². The van der Waals surface area contributed by atoms with E-state index in [-0.39, 0.29) is 11.5 Å². The Labute approximate surface area is 205 Å². The molecule has 0 saturated heterocycles. The number of para-hydroxylation sites is 1. The van der Waals surface area contributed by atoms with Crippen molar-refractivity contribution < 1.29 is 13.9 Å². The number of rotatable bonds is 5. The Morgan fingerprint density at radius 1 is 1.09 bits per heavy atom. The number of furan rings is 1. The SMILES string of the molecule is COc1ccc(C=c2sc3n(c2=O)[C@H](c2ccc(C)o2)C(C(=O)Nc2ccccc2)=C(C)N=3)cc1. The minimum absolute atomic E-state index is 0.235. The Bertz CT molecular complexity index is 1610. The zero-order valence-electron chi connectivity index (χ0n) is 19.4. The molecular formula is C27H23N3O4S. The Balaban J connectivity index is 1.64. The van der Waals surface area contributed by atoms with Crippen molar-refractivity contribution in [2.75, 3.05) is 12.4 Å². The van der Waals surface area contributed by atoms with E-state index in [1.165, 1.54) is 11.3 Å². The average molecular weight is 486 g/mol. The molecule has 1 amide bonds. The molecule has 1 aliphatic rings. The van der Waals surface area contributed by atoms with Crippen molar-refractivity contribution in [2.45, 2.75) is 19.9 Å². The summed E-state index contributed by atoms with van der Waals surface area (Å²) in [5.74, 6) is 1.60. The molecule has 3 heterocycles. The van der Waals surface area contributed by atoms with E-state index in [1.807, 2.05) is 73.7 Å². The van der Waals surface area contributed by atoms with Crippen LogP contribution < -0.4 is 24.9 Å². The average Bonchev–Trinajstić information content (AvgIpc) is 3.42. The fourth-order valence-corrected chi connectivity index (χ4v) is 5.10. The smallest absolute Gasteiger partial charge is 0.271 e. The lowest BCUT2D eigenvalue weighted by atomic mass is 10.00. The predicted octanol–water partition coefficient (Wildman–Crippen LogP) is 3.78. The van der Waals surface area contributed by atoms with Gasteiger partial charge in [-0.3, -0.25) is 14.2 Å². The van der Waals surface area contributed by atoms with Crippen LogP contribution in [-0.4, -0.2) is 17.6 Å². The molecule has 4 aromatic rings. The summed E-state index contributed by atoms with van der Waals surface area (Å²) in [6, 6.07) is 19.5. The van der Waals surface area contributed by atoms with Crippen LogP contribution in [0.25, 0.3) is 6.08 Å². The second-order valence-corrected chi connectivity index (χ2v) is 9.13. The number of aromatic nitrogens is 1. The molecule has 1 atom stereocenters.